The standard InChI is InChI=1S/C24H36N2O7/c1-23(2,3)32-20(28)16-26(22(31)33-24(4,5)6)13-12-25-19(27)15-18(21(29)30)14-17-10-8-7-9-11-17/h7-11,18H,12-16H2,1-6H3,(H,25,27)(H,29,30)/t18-/m0/s1. The Hall–Kier alpha value is -3.10. The van der Waals surface area contributed by atoms with Crippen molar-refractivity contribution in [3.8, 4) is 0 Å². The van der Waals surface area contributed by atoms with Gasteiger partial charge in [-0.05, 0) is 53.5 Å². The molecule has 184 valence electrons. The summed E-state index contributed by atoms with van der Waals surface area (Å²) < 4.78 is 10.6. The van der Waals surface area contributed by atoms with Crippen molar-refractivity contribution in [1.29, 1.82) is 0 Å². The number of carboxylic acids is 1. The van der Waals surface area contributed by atoms with E-state index in [2.05, 4.69) is 5.32 Å². The molecule has 0 heterocycles. The molecule has 0 saturated carbocycles. The number of carbonyl (C=O) groups excluding carboxylic acids is 3. The molecule has 9 heteroatoms. The third kappa shape index (κ3) is 12.5. The van der Waals surface area contributed by atoms with Crippen LogP contribution in [0.2, 0.25) is 0 Å². The predicted octanol–water partition coefficient (Wildman–Crippen LogP) is 3.02. The van der Waals surface area contributed by atoms with Crippen LogP contribution in [0.25, 0.3) is 0 Å². The van der Waals surface area contributed by atoms with Crippen LogP contribution in [0.15, 0.2) is 30.3 Å². The first-order chi connectivity index (χ1) is 15.2. The molecule has 2 N–H and O–H groups in total. The largest absolute Gasteiger partial charge is 0.481 e. The monoisotopic (exact) mass is 464 g/mol. The van der Waals surface area contributed by atoms with Gasteiger partial charge >= 0.3 is 18.0 Å². The first-order valence-electron chi connectivity index (χ1n) is 10.9. The summed E-state index contributed by atoms with van der Waals surface area (Å²) in [5.41, 5.74) is -0.653. The molecular formula is C24H36N2O7. The molecule has 1 atom stereocenters. The van der Waals surface area contributed by atoms with Crippen molar-refractivity contribution in [1.82, 2.24) is 10.2 Å². The van der Waals surface area contributed by atoms with Crippen molar-refractivity contribution in [3.05, 3.63) is 35.9 Å². The Balaban J connectivity index is 2.68. The molecule has 0 aliphatic rings. The molecule has 1 rings (SSSR count). The maximum atomic E-state index is 12.5. The van der Waals surface area contributed by atoms with E-state index in [0.717, 1.165) is 10.5 Å². The lowest BCUT2D eigenvalue weighted by Gasteiger charge is -2.28. The van der Waals surface area contributed by atoms with Crippen LogP contribution in [0.3, 0.4) is 0 Å². The number of aliphatic carboxylic acids is 1. The van der Waals surface area contributed by atoms with Gasteiger partial charge in [0, 0.05) is 19.5 Å². The van der Waals surface area contributed by atoms with Crippen molar-refractivity contribution in [3.63, 3.8) is 0 Å². The highest BCUT2D eigenvalue weighted by Gasteiger charge is 2.27. The number of ether oxygens (including phenoxy) is 2. The Morgan fingerprint density at radius 2 is 1.55 bits per heavy atom. The Labute approximate surface area is 195 Å². The number of hydrogen-bond acceptors (Lipinski definition) is 6. The zero-order valence-electron chi connectivity index (χ0n) is 20.3. The smallest absolute Gasteiger partial charge is 0.410 e. The molecule has 0 fully saturated rings. The van der Waals surface area contributed by atoms with Crippen molar-refractivity contribution >= 4 is 23.9 Å². The number of carbonyl (C=O) groups is 4. The van der Waals surface area contributed by atoms with Crippen molar-refractivity contribution < 1.29 is 33.8 Å². The molecule has 9 nitrogen and oxygen atoms in total. The highest BCUT2D eigenvalue weighted by Crippen LogP contribution is 2.14. The van der Waals surface area contributed by atoms with Crippen LogP contribution in [-0.2, 0) is 30.3 Å². The van der Waals surface area contributed by atoms with E-state index in [-0.39, 0.29) is 32.5 Å². The summed E-state index contributed by atoms with van der Waals surface area (Å²) in [5.74, 6) is -3.00. The van der Waals surface area contributed by atoms with Crippen LogP contribution in [0.5, 0.6) is 0 Å². The number of carboxylic acid groups (broad SMARTS) is 1. The Kier molecular flexibility index (Phi) is 10.3. The lowest BCUT2D eigenvalue weighted by molar-refractivity contribution is -0.156. The van der Waals surface area contributed by atoms with E-state index >= 15 is 0 Å². The van der Waals surface area contributed by atoms with E-state index in [4.69, 9.17) is 9.47 Å². The van der Waals surface area contributed by atoms with E-state index in [1.165, 1.54) is 0 Å². The van der Waals surface area contributed by atoms with Gasteiger partial charge in [-0.15, -0.1) is 0 Å². The summed E-state index contributed by atoms with van der Waals surface area (Å²) in [6.07, 6.45) is -0.690. The van der Waals surface area contributed by atoms with E-state index in [1.54, 1.807) is 41.5 Å². The lowest BCUT2D eigenvalue weighted by atomic mass is 9.96. The van der Waals surface area contributed by atoms with E-state index in [1.807, 2.05) is 30.3 Å². The van der Waals surface area contributed by atoms with Gasteiger partial charge in [0.1, 0.15) is 17.7 Å². The molecule has 1 aromatic rings. The molecule has 0 aliphatic carbocycles. The Morgan fingerprint density at radius 3 is 2.06 bits per heavy atom. The first-order valence-corrected chi connectivity index (χ1v) is 10.9. The second kappa shape index (κ2) is 12.2. The van der Waals surface area contributed by atoms with Crippen LogP contribution >= 0.6 is 0 Å². The SMILES string of the molecule is CC(C)(C)OC(=O)CN(CCNC(=O)C[C@H](Cc1ccccc1)C(=O)O)C(=O)OC(C)(C)C. The number of hydrogen-bond donors (Lipinski definition) is 2. The topological polar surface area (TPSA) is 122 Å². The Morgan fingerprint density at radius 1 is 0.970 bits per heavy atom. The number of benzene rings is 1. The minimum absolute atomic E-state index is 0.00365. The fourth-order valence-electron chi connectivity index (χ4n) is 2.86. The summed E-state index contributed by atoms with van der Waals surface area (Å²) in [6.45, 7) is 9.96. The second-order valence-electron chi connectivity index (χ2n) is 9.77. The van der Waals surface area contributed by atoms with Gasteiger partial charge < -0.3 is 19.9 Å². The van der Waals surface area contributed by atoms with Gasteiger partial charge in [0.25, 0.3) is 0 Å². The average molecular weight is 465 g/mol. The zero-order chi connectivity index (χ0) is 25.2. The zero-order valence-corrected chi connectivity index (χ0v) is 20.3. The number of amides is 2. The third-order valence-electron chi connectivity index (χ3n) is 4.20. The molecule has 0 aliphatic heterocycles. The lowest BCUT2D eigenvalue weighted by Crippen LogP contribution is -2.45. The fourth-order valence-corrected chi connectivity index (χ4v) is 2.86. The predicted molar refractivity (Wildman–Crippen MR) is 123 cm³/mol. The van der Waals surface area contributed by atoms with Crippen molar-refractivity contribution in [2.45, 2.75) is 65.6 Å². The second-order valence-corrected chi connectivity index (χ2v) is 9.77. The molecule has 2 amide bonds. The van der Waals surface area contributed by atoms with Gasteiger partial charge in [-0.3, -0.25) is 19.3 Å². The molecule has 0 radical (unpaired) electrons. The number of nitrogens with zero attached hydrogens (tertiary/aromatic N) is 1. The number of esters is 1. The highest BCUT2D eigenvalue weighted by atomic mass is 16.6. The molecule has 0 saturated heterocycles. The first kappa shape index (κ1) is 27.9. The van der Waals surface area contributed by atoms with Crippen LogP contribution in [0.1, 0.15) is 53.5 Å². The quantitative estimate of drug-likeness (QED) is 0.510. The van der Waals surface area contributed by atoms with Crippen LogP contribution in [-0.4, -0.2) is 64.8 Å². The van der Waals surface area contributed by atoms with Crippen LogP contribution in [0, 0.1) is 5.92 Å². The van der Waals surface area contributed by atoms with Gasteiger partial charge in [-0.1, -0.05) is 30.3 Å². The van der Waals surface area contributed by atoms with Gasteiger partial charge in [0.05, 0.1) is 5.92 Å². The number of nitrogens with one attached hydrogen (secondary N) is 1. The molecule has 0 unspecified atom stereocenters. The summed E-state index contributed by atoms with van der Waals surface area (Å²) in [6, 6.07) is 9.07. The molecule has 0 aromatic heterocycles. The minimum Gasteiger partial charge on any atom is -0.481 e. The van der Waals surface area contributed by atoms with Crippen LogP contribution in [0.4, 0.5) is 4.79 Å². The molecule has 1 aromatic carbocycles. The molecular weight excluding hydrogens is 428 g/mol. The van der Waals surface area contributed by atoms with Crippen molar-refractivity contribution in [2.24, 2.45) is 5.92 Å². The summed E-state index contributed by atoms with van der Waals surface area (Å²) >= 11 is 0. The normalized spacial score (nSPS) is 12.4. The summed E-state index contributed by atoms with van der Waals surface area (Å²) in [4.78, 5) is 49.8. The van der Waals surface area contributed by atoms with Crippen LogP contribution < -0.4 is 5.32 Å². The van der Waals surface area contributed by atoms with E-state index in [0.29, 0.717) is 0 Å². The average Bonchev–Trinajstić information content (AvgIpc) is 2.64. The maximum Gasteiger partial charge on any atom is 0.410 e. The van der Waals surface area contributed by atoms with Crippen molar-refractivity contribution in [2.75, 3.05) is 19.6 Å². The Bertz CT molecular complexity index is 810. The summed E-state index contributed by atoms with van der Waals surface area (Å²) in [7, 11) is 0. The minimum atomic E-state index is -1.06. The maximum absolute atomic E-state index is 12.5. The molecule has 0 spiro atoms. The van der Waals surface area contributed by atoms with Gasteiger partial charge in [-0.2, -0.15) is 0 Å². The van der Waals surface area contributed by atoms with E-state index in [9.17, 15) is 24.3 Å². The highest BCUT2D eigenvalue weighted by molar-refractivity contribution is 5.82. The summed E-state index contributed by atoms with van der Waals surface area (Å²) in [5, 5.41) is 12.1. The number of rotatable bonds is 10. The molecule has 33 heavy (non-hydrogen) atoms. The molecule has 0 bridgehead atoms. The van der Waals surface area contributed by atoms with E-state index < -0.39 is 41.1 Å². The third-order valence-corrected chi connectivity index (χ3v) is 4.20. The van der Waals surface area contributed by atoms with Gasteiger partial charge in [0.2, 0.25) is 5.91 Å². The van der Waals surface area contributed by atoms with Gasteiger partial charge in [0.15, 0.2) is 0 Å². The van der Waals surface area contributed by atoms with Gasteiger partial charge in [-0.25, -0.2) is 4.79 Å². The fraction of sp³-hybridized carbons (Fsp3) is 0.583.